The van der Waals surface area contributed by atoms with Gasteiger partial charge in [0.2, 0.25) is 0 Å². The molecule has 136 valence electrons. The Morgan fingerprint density at radius 2 is 1.69 bits per heavy atom. The third-order valence-electron chi connectivity index (χ3n) is 4.73. The van der Waals surface area contributed by atoms with Gasteiger partial charge in [-0.05, 0) is 67.8 Å². The van der Waals surface area contributed by atoms with Crippen molar-refractivity contribution in [3.05, 3.63) is 59.7 Å². The van der Waals surface area contributed by atoms with Gasteiger partial charge in [0, 0.05) is 36.0 Å². The summed E-state index contributed by atoms with van der Waals surface area (Å²) in [7, 11) is 3.22. The summed E-state index contributed by atoms with van der Waals surface area (Å²) in [5, 5.41) is 0. The highest BCUT2D eigenvalue weighted by Crippen LogP contribution is 2.26. The first kappa shape index (κ1) is 18.1. The molecule has 2 aromatic rings. The molecule has 1 saturated heterocycles. The van der Waals surface area contributed by atoms with E-state index in [9.17, 15) is 4.79 Å². The van der Waals surface area contributed by atoms with Crippen LogP contribution in [0, 0.1) is 0 Å². The lowest BCUT2D eigenvalue weighted by atomic mass is 10.1. The molecule has 0 saturated carbocycles. The Labute approximate surface area is 155 Å². The summed E-state index contributed by atoms with van der Waals surface area (Å²) in [6, 6.07) is 13.4. The molecule has 4 nitrogen and oxygen atoms in total. The van der Waals surface area contributed by atoms with Crippen LogP contribution in [0.1, 0.15) is 35.2 Å². The van der Waals surface area contributed by atoms with E-state index in [0.717, 1.165) is 24.4 Å². The minimum absolute atomic E-state index is 0.0203. The Hall–Kier alpha value is -2.75. The first-order valence-corrected chi connectivity index (χ1v) is 9.01. The van der Waals surface area contributed by atoms with Crippen molar-refractivity contribution in [2.75, 3.05) is 32.2 Å². The van der Waals surface area contributed by atoms with E-state index in [4.69, 9.17) is 9.47 Å². The number of rotatable bonds is 6. The van der Waals surface area contributed by atoms with Crippen LogP contribution in [0.4, 0.5) is 5.69 Å². The lowest BCUT2D eigenvalue weighted by Crippen LogP contribution is -2.29. The molecule has 2 aromatic carbocycles. The van der Waals surface area contributed by atoms with Crippen LogP contribution in [0.5, 0.6) is 11.5 Å². The van der Waals surface area contributed by atoms with Gasteiger partial charge in [-0.25, -0.2) is 0 Å². The fourth-order valence-corrected chi connectivity index (χ4v) is 3.21. The van der Waals surface area contributed by atoms with Crippen LogP contribution in [-0.4, -0.2) is 33.1 Å². The van der Waals surface area contributed by atoms with Gasteiger partial charge in [0.25, 0.3) is 0 Å². The third kappa shape index (κ3) is 4.26. The molecule has 1 heterocycles. The van der Waals surface area contributed by atoms with E-state index in [1.807, 2.05) is 36.4 Å². The van der Waals surface area contributed by atoms with Crippen LogP contribution in [0.15, 0.2) is 48.5 Å². The zero-order chi connectivity index (χ0) is 18.4. The first-order chi connectivity index (χ1) is 12.7. The Morgan fingerprint density at radius 1 is 0.962 bits per heavy atom. The molecule has 0 atom stereocenters. The number of benzene rings is 2. The normalized spacial score (nSPS) is 14.5. The average Bonchev–Trinajstić information content (AvgIpc) is 2.72. The largest absolute Gasteiger partial charge is 0.497 e. The fraction of sp³-hybridized carbons (Fsp3) is 0.318. The number of nitrogens with zero attached hydrogens (tertiary/aromatic N) is 1. The lowest BCUT2D eigenvalue weighted by molar-refractivity contribution is 0.104. The van der Waals surface area contributed by atoms with E-state index in [0.29, 0.717) is 11.3 Å². The number of piperidine rings is 1. The van der Waals surface area contributed by atoms with Crippen LogP contribution in [-0.2, 0) is 0 Å². The zero-order valence-electron chi connectivity index (χ0n) is 15.4. The fourth-order valence-electron chi connectivity index (χ4n) is 3.21. The summed E-state index contributed by atoms with van der Waals surface area (Å²) in [5.41, 5.74) is 2.73. The molecule has 0 spiro atoms. The van der Waals surface area contributed by atoms with Crippen molar-refractivity contribution in [1.82, 2.24) is 0 Å². The molecule has 0 radical (unpaired) electrons. The average molecular weight is 351 g/mol. The van der Waals surface area contributed by atoms with Crippen molar-refractivity contribution < 1.29 is 14.3 Å². The van der Waals surface area contributed by atoms with E-state index in [1.165, 1.54) is 24.9 Å². The summed E-state index contributed by atoms with van der Waals surface area (Å²) in [6.45, 7) is 2.20. The van der Waals surface area contributed by atoms with Crippen LogP contribution >= 0.6 is 0 Å². The van der Waals surface area contributed by atoms with Gasteiger partial charge in [-0.2, -0.15) is 0 Å². The molecule has 0 N–H and O–H groups in total. The number of hydrogen-bond donors (Lipinski definition) is 0. The highest BCUT2D eigenvalue weighted by atomic mass is 16.5. The SMILES string of the molecule is COc1ccc(/C=C/C(=O)c2ccc(N3CCCCC3)cc2)c(OC)c1. The monoisotopic (exact) mass is 351 g/mol. The molecule has 1 aliphatic heterocycles. The second kappa shape index (κ2) is 8.56. The van der Waals surface area contributed by atoms with E-state index in [1.54, 1.807) is 32.4 Å². The van der Waals surface area contributed by atoms with Gasteiger partial charge in [-0.1, -0.05) is 0 Å². The maximum atomic E-state index is 12.5. The molecule has 0 aromatic heterocycles. The van der Waals surface area contributed by atoms with Crippen molar-refractivity contribution >= 4 is 17.5 Å². The maximum Gasteiger partial charge on any atom is 0.185 e. The third-order valence-corrected chi connectivity index (χ3v) is 4.73. The summed E-state index contributed by atoms with van der Waals surface area (Å²) in [5.74, 6) is 1.38. The van der Waals surface area contributed by atoms with Gasteiger partial charge in [-0.3, -0.25) is 4.79 Å². The number of carbonyl (C=O) groups is 1. The van der Waals surface area contributed by atoms with Gasteiger partial charge in [0.05, 0.1) is 14.2 Å². The topological polar surface area (TPSA) is 38.8 Å². The Balaban J connectivity index is 1.70. The number of ether oxygens (including phenoxy) is 2. The van der Waals surface area contributed by atoms with Crippen LogP contribution in [0.3, 0.4) is 0 Å². The van der Waals surface area contributed by atoms with Gasteiger partial charge in [0.1, 0.15) is 11.5 Å². The van der Waals surface area contributed by atoms with Gasteiger partial charge >= 0.3 is 0 Å². The Bertz CT molecular complexity index is 774. The Kier molecular flexibility index (Phi) is 5.95. The van der Waals surface area contributed by atoms with E-state index in [-0.39, 0.29) is 5.78 Å². The van der Waals surface area contributed by atoms with Crippen LogP contribution < -0.4 is 14.4 Å². The first-order valence-electron chi connectivity index (χ1n) is 9.01. The molecule has 26 heavy (non-hydrogen) atoms. The number of carbonyl (C=O) groups excluding carboxylic acids is 1. The molecule has 4 heteroatoms. The van der Waals surface area contributed by atoms with Crippen LogP contribution in [0.2, 0.25) is 0 Å². The minimum Gasteiger partial charge on any atom is -0.497 e. The van der Waals surface area contributed by atoms with Crippen LogP contribution in [0.25, 0.3) is 6.08 Å². The van der Waals surface area contributed by atoms with Crippen molar-refractivity contribution in [3.63, 3.8) is 0 Å². The maximum absolute atomic E-state index is 12.5. The van der Waals surface area contributed by atoms with Gasteiger partial charge in [0.15, 0.2) is 5.78 Å². The highest BCUT2D eigenvalue weighted by molar-refractivity contribution is 6.07. The predicted octanol–water partition coefficient (Wildman–Crippen LogP) is 4.59. The predicted molar refractivity (Wildman–Crippen MR) is 105 cm³/mol. The second-order valence-corrected chi connectivity index (χ2v) is 6.40. The molecule has 3 rings (SSSR count). The molecule has 1 aliphatic rings. The highest BCUT2D eigenvalue weighted by Gasteiger charge is 2.11. The van der Waals surface area contributed by atoms with E-state index >= 15 is 0 Å². The number of hydrogen-bond acceptors (Lipinski definition) is 4. The molecule has 1 fully saturated rings. The van der Waals surface area contributed by atoms with E-state index < -0.39 is 0 Å². The van der Waals surface area contributed by atoms with E-state index in [2.05, 4.69) is 4.90 Å². The van der Waals surface area contributed by atoms with Crippen molar-refractivity contribution in [3.8, 4) is 11.5 Å². The van der Waals surface area contributed by atoms with Crippen molar-refractivity contribution in [1.29, 1.82) is 0 Å². The van der Waals surface area contributed by atoms with Gasteiger partial charge in [-0.15, -0.1) is 0 Å². The molecular weight excluding hydrogens is 326 g/mol. The lowest BCUT2D eigenvalue weighted by Gasteiger charge is -2.28. The number of allylic oxidation sites excluding steroid dienone is 1. The number of anilines is 1. The van der Waals surface area contributed by atoms with Crippen molar-refractivity contribution in [2.24, 2.45) is 0 Å². The summed E-state index contributed by atoms with van der Waals surface area (Å²) >= 11 is 0. The smallest absolute Gasteiger partial charge is 0.185 e. The minimum atomic E-state index is -0.0203. The molecule has 0 bridgehead atoms. The second-order valence-electron chi connectivity index (χ2n) is 6.40. The number of methoxy groups -OCH3 is 2. The van der Waals surface area contributed by atoms with Crippen molar-refractivity contribution in [2.45, 2.75) is 19.3 Å². The Morgan fingerprint density at radius 3 is 2.35 bits per heavy atom. The van der Waals surface area contributed by atoms with Gasteiger partial charge < -0.3 is 14.4 Å². The molecule has 0 amide bonds. The molecule has 0 unspecified atom stereocenters. The quantitative estimate of drug-likeness (QED) is 0.564. The molecular formula is C22H25NO3. The number of ketones is 1. The standard InChI is InChI=1S/C22H25NO3/c1-25-20-12-8-18(22(16-20)26-2)9-13-21(24)17-6-10-19(11-7-17)23-14-4-3-5-15-23/h6-13,16H,3-5,14-15H2,1-2H3/b13-9+. The molecule has 0 aliphatic carbocycles. The zero-order valence-corrected chi connectivity index (χ0v) is 15.4. The summed E-state index contributed by atoms with van der Waals surface area (Å²) in [6.07, 6.45) is 7.16. The summed E-state index contributed by atoms with van der Waals surface area (Å²) in [4.78, 5) is 14.8. The summed E-state index contributed by atoms with van der Waals surface area (Å²) < 4.78 is 10.6.